The average molecular weight is 309 g/mol. The quantitative estimate of drug-likeness (QED) is 0.720. The fourth-order valence-corrected chi connectivity index (χ4v) is 2.56. The molecule has 23 heavy (non-hydrogen) atoms. The average Bonchev–Trinajstić information content (AvgIpc) is 2.94. The number of aromatic amines is 1. The molecule has 1 heterocycles. The summed E-state index contributed by atoms with van der Waals surface area (Å²) in [7, 11) is 0. The molecule has 0 atom stereocenters. The SMILES string of the molecule is CCOC(=O)c1c(-c2ccccc2)[nH]c2ccc(C(=O)O)cc12. The normalized spacial score (nSPS) is 10.7. The molecule has 0 bridgehead atoms. The second-order valence-corrected chi connectivity index (χ2v) is 5.03. The van der Waals surface area contributed by atoms with Crippen LogP contribution in [-0.4, -0.2) is 28.6 Å². The third-order valence-corrected chi connectivity index (χ3v) is 3.59. The van der Waals surface area contributed by atoms with Crippen molar-refractivity contribution in [3.63, 3.8) is 0 Å². The van der Waals surface area contributed by atoms with Crippen molar-refractivity contribution in [1.29, 1.82) is 0 Å². The van der Waals surface area contributed by atoms with Gasteiger partial charge in [-0.1, -0.05) is 30.3 Å². The summed E-state index contributed by atoms with van der Waals surface area (Å²) in [5, 5.41) is 9.72. The number of carbonyl (C=O) groups excluding carboxylic acids is 1. The van der Waals surface area contributed by atoms with Crippen LogP contribution in [0.5, 0.6) is 0 Å². The zero-order valence-corrected chi connectivity index (χ0v) is 12.5. The molecule has 3 rings (SSSR count). The van der Waals surface area contributed by atoms with Gasteiger partial charge in [0.15, 0.2) is 0 Å². The molecule has 0 amide bonds. The van der Waals surface area contributed by atoms with Gasteiger partial charge < -0.3 is 14.8 Å². The summed E-state index contributed by atoms with van der Waals surface area (Å²) in [5.41, 5.74) is 2.64. The van der Waals surface area contributed by atoms with E-state index in [4.69, 9.17) is 4.74 Å². The van der Waals surface area contributed by atoms with E-state index >= 15 is 0 Å². The van der Waals surface area contributed by atoms with E-state index in [1.807, 2.05) is 30.3 Å². The third kappa shape index (κ3) is 2.68. The van der Waals surface area contributed by atoms with Crippen LogP contribution in [0.25, 0.3) is 22.2 Å². The maximum absolute atomic E-state index is 12.4. The highest BCUT2D eigenvalue weighted by atomic mass is 16.5. The van der Waals surface area contributed by atoms with Crippen LogP contribution >= 0.6 is 0 Å². The summed E-state index contributed by atoms with van der Waals surface area (Å²) in [6.07, 6.45) is 0. The van der Waals surface area contributed by atoms with Gasteiger partial charge in [-0.15, -0.1) is 0 Å². The van der Waals surface area contributed by atoms with Gasteiger partial charge in [0.1, 0.15) is 0 Å². The molecular weight excluding hydrogens is 294 g/mol. The number of fused-ring (bicyclic) bond motifs is 1. The lowest BCUT2D eigenvalue weighted by atomic mass is 10.0. The highest BCUT2D eigenvalue weighted by Gasteiger charge is 2.21. The predicted molar refractivity (Wildman–Crippen MR) is 86.7 cm³/mol. The van der Waals surface area contributed by atoms with E-state index in [9.17, 15) is 14.7 Å². The standard InChI is InChI=1S/C18H15NO4/c1-2-23-18(22)15-13-10-12(17(20)21)8-9-14(13)19-16(15)11-6-4-3-5-7-11/h3-10,19H,2H2,1H3,(H,20,21). The third-order valence-electron chi connectivity index (χ3n) is 3.59. The number of carboxylic acid groups (broad SMARTS) is 1. The van der Waals surface area contributed by atoms with Crippen LogP contribution in [-0.2, 0) is 4.74 Å². The van der Waals surface area contributed by atoms with Gasteiger partial charge in [-0.25, -0.2) is 9.59 Å². The van der Waals surface area contributed by atoms with Crippen molar-refractivity contribution >= 4 is 22.8 Å². The molecule has 2 N–H and O–H groups in total. The molecule has 2 aromatic carbocycles. The van der Waals surface area contributed by atoms with Crippen molar-refractivity contribution in [2.45, 2.75) is 6.92 Å². The number of ether oxygens (including phenoxy) is 1. The lowest BCUT2D eigenvalue weighted by Crippen LogP contribution is -2.06. The first-order valence-electron chi connectivity index (χ1n) is 7.23. The Hall–Kier alpha value is -3.08. The number of carbonyl (C=O) groups is 2. The Morgan fingerprint density at radius 2 is 1.87 bits per heavy atom. The topological polar surface area (TPSA) is 79.4 Å². The van der Waals surface area contributed by atoms with Crippen molar-refractivity contribution in [2.24, 2.45) is 0 Å². The number of benzene rings is 2. The summed E-state index contributed by atoms with van der Waals surface area (Å²) in [5.74, 6) is -1.51. The number of carboxylic acids is 1. The Balaban J connectivity index is 2.29. The largest absolute Gasteiger partial charge is 0.478 e. The molecule has 0 radical (unpaired) electrons. The fourth-order valence-electron chi connectivity index (χ4n) is 2.56. The number of hydrogen-bond acceptors (Lipinski definition) is 3. The van der Waals surface area contributed by atoms with Gasteiger partial charge in [0.25, 0.3) is 0 Å². The molecule has 0 saturated heterocycles. The van der Waals surface area contributed by atoms with Crippen molar-refractivity contribution in [2.75, 3.05) is 6.61 Å². The molecule has 0 aliphatic heterocycles. The van der Waals surface area contributed by atoms with Crippen LogP contribution in [0, 0.1) is 0 Å². The number of hydrogen-bond donors (Lipinski definition) is 2. The molecule has 1 aromatic heterocycles. The second kappa shape index (κ2) is 5.96. The predicted octanol–water partition coefficient (Wildman–Crippen LogP) is 3.71. The van der Waals surface area contributed by atoms with Crippen LogP contribution in [0.2, 0.25) is 0 Å². The maximum Gasteiger partial charge on any atom is 0.340 e. The minimum Gasteiger partial charge on any atom is -0.478 e. The first kappa shape index (κ1) is 14.8. The molecular formula is C18H15NO4. The number of rotatable bonds is 4. The number of aromatic carboxylic acids is 1. The van der Waals surface area contributed by atoms with Crippen LogP contribution in [0.1, 0.15) is 27.6 Å². The van der Waals surface area contributed by atoms with E-state index in [0.29, 0.717) is 22.2 Å². The molecule has 5 nitrogen and oxygen atoms in total. The summed E-state index contributed by atoms with van der Waals surface area (Å²) in [4.78, 5) is 26.8. The number of aromatic nitrogens is 1. The van der Waals surface area contributed by atoms with E-state index in [1.54, 1.807) is 13.0 Å². The second-order valence-electron chi connectivity index (χ2n) is 5.03. The lowest BCUT2D eigenvalue weighted by molar-refractivity contribution is 0.0529. The van der Waals surface area contributed by atoms with Gasteiger partial charge in [-0.2, -0.15) is 0 Å². The lowest BCUT2D eigenvalue weighted by Gasteiger charge is -2.05. The Labute approximate surface area is 132 Å². The molecule has 116 valence electrons. The Kier molecular flexibility index (Phi) is 3.85. The molecule has 5 heteroatoms. The van der Waals surface area contributed by atoms with Gasteiger partial charge >= 0.3 is 11.9 Å². The number of nitrogens with one attached hydrogen (secondary N) is 1. The van der Waals surface area contributed by atoms with Gasteiger partial charge in [0, 0.05) is 10.9 Å². The summed E-state index contributed by atoms with van der Waals surface area (Å²) in [6.45, 7) is 1.98. The molecule has 0 fully saturated rings. The van der Waals surface area contributed by atoms with Crippen molar-refractivity contribution in [1.82, 2.24) is 4.98 Å². The molecule has 0 spiro atoms. The van der Waals surface area contributed by atoms with Crippen molar-refractivity contribution in [3.8, 4) is 11.3 Å². The van der Waals surface area contributed by atoms with Crippen LogP contribution in [0.3, 0.4) is 0 Å². The van der Waals surface area contributed by atoms with Crippen LogP contribution in [0.4, 0.5) is 0 Å². The monoisotopic (exact) mass is 309 g/mol. The van der Waals surface area contributed by atoms with E-state index in [1.165, 1.54) is 12.1 Å². The molecule has 0 unspecified atom stereocenters. The zero-order chi connectivity index (χ0) is 16.4. The highest BCUT2D eigenvalue weighted by Crippen LogP contribution is 2.31. The molecule has 0 aliphatic carbocycles. The molecule has 0 saturated carbocycles. The smallest absolute Gasteiger partial charge is 0.340 e. The summed E-state index contributed by atoms with van der Waals surface area (Å²) in [6, 6.07) is 14.1. The highest BCUT2D eigenvalue weighted by molar-refractivity contribution is 6.11. The van der Waals surface area contributed by atoms with E-state index < -0.39 is 11.9 Å². The molecule has 3 aromatic rings. The minimum atomic E-state index is -1.04. The zero-order valence-electron chi connectivity index (χ0n) is 12.5. The van der Waals surface area contributed by atoms with Crippen molar-refractivity contribution < 1.29 is 19.4 Å². The fraction of sp³-hybridized carbons (Fsp3) is 0.111. The summed E-state index contributed by atoms with van der Waals surface area (Å²) >= 11 is 0. The maximum atomic E-state index is 12.4. The first-order chi connectivity index (χ1) is 11.1. The van der Waals surface area contributed by atoms with Crippen LogP contribution < -0.4 is 0 Å². The number of esters is 1. The van der Waals surface area contributed by atoms with Crippen LogP contribution in [0.15, 0.2) is 48.5 Å². The Bertz CT molecular complexity index is 881. The van der Waals surface area contributed by atoms with Gasteiger partial charge in [0.2, 0.25) is 0 Å². The van der Waals surface area contributed by atoms with E-state index in [-0.39, 0.29) is 12.2 Å². The number of H-pyrrole nitrogens is 1. The Morgan fingerprint density at radius 1 is 1.13 bits per heavy atom. The molecule has 0 aliphatic rings. The van der Waals surface area contributed by atoms with E-state index in [2.05, 4.69) is 4.98 Å². The minimum absolute atomic E-state index is 0.127. The summed E-state index contributed by atoms with van der Waals surface area (Å²) < 4.78 is 5.15. The van der Waals surface area contributed by atoms with E-state index in [0.717, 1.165) is 5.56 Å². The van der Waals surface area contributed by atoms with Gasteiger partial charge in [-0.05, 0) is 30.7 Å². The first-order valence-corrected chi connectivity index (χ1v) is 7.23. The Morgan fingerprint density at radius 3 is 2.52 bits per heavy atom. The van der Waals surface area contributed by atoms with Crippen molar-refractivity contribution in [3.05, 3.63) is 59.7 Å². The van der Waals surface area contributed by atoms with Gasteiger partial charge in [-0.3, -0.25) is 0 Å². The van der Waals surface area contributed by atoms with Gasteiger partial charge in [0.05, 0.1) is 23.4 Å².